The van der Waals surface area contributed by atoms with Gasteiger partial charge in [-0.3, -0.25) is 9.98 Å². The Labute approximate surface area is 83.1 Å². The third kappa shape index (κ3) is 2.40. The van der Waals surface area contributed by atoms with Crippen molar-refractivity contribution in [2.75, 3.05) is 13.2 Å². The summed E-state index contributed by atoms with van der Waals surface area (Å²) < 4.78 is 5.32. The molecule has 0 aromatic heterocycles. The third-order valence-corrected chi connectivity index (χ3v) is 1.67. The maximum Gasteiger partial charge on any atom is 0.121 e. The van der Waals surface area contributed by atoms with E-state index in [0.29, 0.717) is 30.3 Å². The van der Waals surface area contributed by atoms with Gasteiger partial charge in [-0.2, -0.15) is 0 Å². The molecule has 0 aliphatic carbocycles. The second kappa shape index (κ2) is 5.14. The van der Waals surface area contributed by atoms with E-state index in [9.17, 15) is 0 Å². The van der Waals surface area contributed by atoms with Gasteiger partial charge in [0.15, 0.2) is 0 Å². The van der Waals surface area contributed by atoms with Crippen LogP contribution in [0.2, 0.25) is 0 Å². The first-order chi connectivity index (χ1) is 6.81. The summed E-state index contributed by atoms with van der Waals surface area (Å²) in [6.45, 7) is 7.84. The monoisotopic (exact) mass is 191 g/mol. The first-order valence-corrected chi connectivity index (χ1v) is 4.22. The summed E-state index contributed by atoms with van der Waals surface area (Å²) in [7, 11) is 0. The Kier molecular flexibility index (Phi) is 3.82. The van der Waals surface area contributed by atoms with Gasteiger partial charge in [0.2, 0.25) is 0 Å². The number of hydrogen-bond acceptors (Lipinski definition) is 4. The molecule has 2 N–H and O–H groups in total. The van der Waals surface area contributed by atoms with Crippen molar-refractivity contribution in [3.8, 4) is 5.75 Å². The summed E-state index contributed by atoms with van der Waals surface area (Å²) in [4.78, 5) is 7.61. The lowest BCUT2D eigenvalue weighted by Crippen LogP contribution is -2.10. The van der Waals surface area contributed by atoms with Crippen molar-refractivity contribution in [3.63, 3.8) is 0 Å². The molecule has 0 amide bonds. The molecule has 0 fully saturated rings. The average Bonchev–Trinajstić information content (AvgIpc) is 2.25. The number of hydrogen-bond donors (Lipinski definition) is 1. The lowest BCUT2D eigenvalue weighted by Gasteiger charge is -2.06. The van der Waals surface area contributed by atoms with Gasteiger partial charge in [-0.25, -0.2) is 0 Å². The number of nitrogens with two attached hydrogens (primary N) is 1. The fourth-order valence-corrected chi connectivity index (χ4v) is 1.03. The Morgan fingerprint density at radius 2 is 1.93 bits per heavy atom. The molecule has 0 unspecified atom stereocenters. The Hall–Kier alpha value is -1.68. The van der Waals surface area contributed by atoms with Crippen molar-refractivity contribution in [1.82, 2.24) is 0 Å². The van der Waals surface area contributed by atoms with E-state index in [1.54, 1.807) is 18.2 Å². The van der Waals surface area contributed by atoms with Gasteiger partial charge in [-0.15, -0.1) is 0 Å². The lowest BCUT2D eigenvalue weighted by molar-refractivity contribution is 0.328. The van der Waals surface area contributed by atoms with Gasteiger partial charge in [0.05, 0.1) is 11.4 Å². The zero-order chi connectivity index (χ0) is 10.4. The van der Waals surface area contributed by atoms with Crippen LogP contribution >= 0.6 is 0 Å². The van der Waals surface area contributed by atoms with Crippen LogP contribution in [0.5, 0.6) is 5.75 Å². The Morgan fingerprint density at radius 3 is 2.50 bits per heavy atom. The molecule has 1 aromatic rings. The molecule has 0 aliphatic heterocycles. The van der Waals surface area contributed by atoms with Crippen LogP contribution in [0.1, 0.15) is 0 Å². The molecule has 4 nitrogen and oxygen atoms in total. The van der Waals surface area contributed by atoms with E-state index < -0.39 is 0 Å². The van der Waals surface area contributed by atoms with Crippen LogP contribution in [0.3, 0.4) is 0 Å². The van der Waals surface area contributed by atoms with E-state index in [1.165, 1.54) is 0 Å². The molecule has 0 heterocycles. The van der Waals surface area contributed by atoms with E-state index in [2.05, 4.69) is 23.4 Å². The second-order valence-corrected chi connectivity index (χ2v) is 2.60. The Morgan fingerprint density at radius 1 is 1.21 bits per heavy atom. The van der Waals surface area contributed by atoms with Crippen LogP contribution in [0, 0.1) is 0 Å². The number of nitrogens with zero attached hydrogens (tertiary/aromatic N) is 2. The van der Waals surface area contributed by atoms with E-state index in [-0.39, 0.29) is 0 Å². The number of benzene rings is 1. The van der Waals surface area contributed by atoms with Gasteiger partial charge in [0.1, 0.15) is 12.4 Å². The van der Waals surface area contributed by atoms with Gasteiger partial charge in [-0.1, -0.05) is 0 Å². The highest BCUT2D eigenvalue weighted by Crippen LogP contribution is 2.30. The van der Waals surface area contributed by atoms with Crippen molar-refractivity contribution in [2.24, 2.45) is 15.7 Å². The summed E-state index contributed by atoms with van der Waals surface area (Å²) in [5, 5.41) is 0. The van der Waals surface area contributed by atoms with E-state index in [0.717, 1.165) is 0 Å². The largest absolute Gasteiger partial charge is 0.492 e. The second-order valence-electron chi connectivity index (χ2n) is 2.60. The van der Waals surface area contributed by atoms with Gasteiger partial charge >= 0.3 is 0 Å². The SMILES string of the molecule is C=Nc1ccc(OCCN)cc1N=C. The molecule has 1 rings (SSSR count). The first-order valence-electron chi connectivity index (χ1n) is 4.22. The van der Waals surface area contributed by atoms with Crippen molar-refractivity contribution in [3.05, 3.63) is 18.2 Å². The topological polar surface area (TPSA) is 60.0 Å². The van der Waals surface area contributed by atoms with Crippen LogP contribution in [0.4, 0.5) is 11.4 Å². The minimum Gasteiger partial charge on any atom is -0.492 e. The molecule has 4 heteroatoms. The van der Waals surface area contributed by atoms with Gasteiger partial charge in [0.25, 0.3) is 0 Å². The normalized spacial score (nSPS) is 9.50. The predicted octanol–water partition coefficient (Wildman–Crippen LogP) is 1.69. The standard InChI is InChI=1S/C10H13N3O/c1-12-9-4-3-8(14-6-5-11)7-10(9)13-2/h3-4,7H,1-2,5-6,11H2. The summed E-state index contributed by atoms with van der Waals surface area (Å²) in [6, 6.07) is 5.34. The zero-order valence-electron chi connectivity index (χ0n) is 7.94. The van der Waals surface area contributed by atoms with Gasteiger partial charge in [-0.05, 0) is 25.6 Å². The molecule has 0 radical (unpaired) electrons. The highest BCUT2D eigenvalue weighted by Gasteiger charge is 2.00. The van der Waals surface area contributed by atoms with Crippen LogP contribution in [0.25, 0.3) is 0 Å². The molecule has 74 valence electrons. The van der Waals surface area contributed by atoms with Crippen molar-refractivity contribution < 1.29 is 4.74 Å². The first kappa shape index (κ1) is 10.4. The van der Waals surface area contributed by atoms with Crippen LogP contribution in [-0.2, 0) is 0 Å². The Balaban J connectivity index is 2.89. The van der Waals surface area contributed by atoms with Crippen LogP contribution in [-0.4, -0.2) is 26.6 Å². The van der Waals surface area contributed by atoms with Gasteiger partial charge in [0, 0.05) is 12.6 Å². The fourth-order valence-electron chi connectivity index (χ4n) is 1.03. The van der Waals surface area contributed by atoms with Crippen molar-refractivity contribution in [1.29, 1.82) is 0 Å². The van der Waals surface area contributed by atoms with Crippen LogP contribution < -0.4 is 10.5 Å². The maximum absolute atomic E-state index is 5.32. The molecule has 0 saturated heterocycles. The summed E-state index contributed by atoms with van der Waals surface area (Å²) in [5.41, 5.74) is 6.67. The molecule has 0 bridgehead atoms. The quantitative estimate of drug-likeness (QED) is 0.720. The zero-order valence-corrected chi connectivity index (χ0v) is 7.94. The van der Waals surface area contributed by atoms with Gasteiger partial charge < -0.3 is 10.5 Å². The third-order valence-electron chi connectivity index (χ3n) is 1.67. The molecule has 0 saturated carbocycles. The lowest BCUT2D eigenvalue weighted by atomic mass is 10.2. The number of aliphatic imine (C=N–C) groups is 2. The highest BCUT2D eigenvalue weighted by molar-refractivity contribution is 5.68. The summed E-state index contributed by atoms with van der Waals surface area (Å²) >= 11 is 0. The summed E-state index contributed by atoms with van der Waals surface area (Å²) in [5.74, 6) is 0.713. The van der Waals surface area contributed by atoms with E-state index in [4.69, 9.17) is 10.5 Å². The maximum atomic E-state index is 5.32. The minimum atomic E-state index is 0.484. The number of ether oxygens (including phenoxy) is 1. The van der Waals surface area contributed by atoms with Crippen molar-refractivity contribution in [2.45, 2.75) is 0 Å². The molecular weight excluding hydrogens is 178 g/mol. The van der Waals surface area contributed by atoms with Crippen LogP contribution in [0.15, 0.2) is 28.2 Å². The minimum absolute atomic E-state index is 0.484. The Bertz CT molecular complexity index is 336. The van der Waals surface area contributed by atoms with Crippen molar-refractivity contribution >= 4 is 24.8 Å². The molecule has 0 atom stereocenters. The summed E-state index contributed by atoms with van der Waals surface area (Å²) in [6.07, 6.45) is 0. The average molecular weight is 191 g/mol. The predicted molar refractivity (Wildman–Crippen MR) is 59.4 cm³/mol. The fraction of sp³-hybridized carbons (Fsp3) is 0.200. The molecule has 14 heavy (non-hydrogen) atoms. The molecule has 1 aromatic carbocycles. The van der Waals surface area contributed by atoms with E-state index in [1.807, 2.05) is 0 Å². The molecular formula is C10H13N3O. The molecule has 0 spiro atoms. The molecule has 0 aliphatic rings. The smallest absolute Gasteiger partial charge is 0.121 e. The highest BCUT2D eigenvalue weighted by atomic mass is 16.5. The van der Waals surface area contributed by atoms with E-state index >= 15 is 0 Å². The number of rotatable bonds is 5.